The zero-order valence-corrected chi connectivity index (χ0v) is 8.93. The van der Waals surface area contributed by atoms with Crippen molar-refractivity contribution in [2.75, 3.05) is 13.1 Å². The van der Waals surface area contributed by atoms with Crippen molar-refractivity contribution in [2.24, 2.45) is 5.92 Å². The SMILES string of the molecule is Cc1ccc(C(C)N2CC(C(=O)O)C2)o1. The first kappa shape index (κ1) is 10.2. The number of carbonyl (C=O) groups is 1. The molecule has 1 N–H and O–H groups in total. The lowest BCUT2D eigenvalue weighted by Crippen LogP contribution is -2.51. The van der Waals surface area contributed by atoms with Crippen molar-refractivity contribution in [2.45, 2.75) is 19.9 Å². The smallest absolute Gasteiger partial charge is 0.309 e. The average Bonchev–Trinajstić information content (AvgIpc) is 2.48. The number of carboxylic acid groups (broad SMARTS) is 1. The number of hydrogen-bond acceptors (Lipinski definition) is 3. The minimum atomic E-state index is -0.700. The molecule has 1 aromatic heterocycles. The van der Waals surface area contributed by atoms with Gasteiger partial charge in [-0.3, -0.25) is 9.69 Å². The molecule has 4 nitrogen and oxygen atoms in total. The van der Waals surface area contributed by atoms with Crippen molar-refractivity contribution in [3.63, 3.8) is 0 Å². The molecule has 1 aromatic rings. The van der Waals surface area contributed by atoms with Gasteiger partial charge in [-0.25, -0.2) is 0 Å². The second-order valence-electron chi connectivity index (χ2n) is 4.11. The number of furan rings is 1. The van der Waals surface area contributed by atoms with Gasteiger partial charge in [0.2, 0.25) is 0 Å². The van der Waals surface area contributed by atoms with E-state index in [1.807, 2.05) is 26.0 Å². The highest BCUT2D eigenvalue weighted by molar-refractivity contribution is 5.71. The summed E-state index contributed by atoms with van der Waals surface area (Å²) in [5, 5.41) is 8.76. The normalized spacial score (nSPS) is 19.9. The summed E-state index contributed by atoms with van der Waals surface area (Å²) in [7, 11) is 0. The van der Waals surface area contributed by atoms with E-state index in [4.69, 9.17) is 9.52 Å². The molecule has 0 spiro atoms. The Morgan fingerprint density at radius 3 is 2.73 bits per heavy atom. The summed E-state index contributed by atoms with van der Waals surface area (Å²) < 4.78 is 5.51. The van der Waals surface area contributed by atoms with Gasteiger partial charge in [-0.1, -0.05) is 0 Å². The average molecular weight is 209 g/mol. The van der Waals surface area contributed by atoms with Crippen LogP contribution in [0.15, 0.2) is 16.5 Å². The van der Waals surface area contributed by atoms with Gasteiger partial charge in [-0.2, -0.15) is 0 Å². The maximum Gasteiger partial charge on any atom is 0.309 e. The Bertz CT molecular complexity index is 366. The van der Waals surface area contributed by atoms with Crippen LogP contribution in [0.5, 0.6) is 0 Å². The third kappa shape index (κ3) is 1.90. The summed E-state index contributed by atoms with van der Waals surface area (Å²) in [6.07, 6.45) is 0. The number of likely N-dealkylation sites (tertiary alicyclic amines) is 1. The van der Waals surface area contributed by atoms with E-state index in [2.05, 4.69) is 4.90 Å². The molecule has 1 atom stereocenters. The molecule has 0 radical (unpaired) electrons. The zero-order valence-electron chi connectivity index (χ0n) is 8.93. The van der Waals surface area contributed by atoms with Crippen LogP contribution in [0.25, 0.3) is 0 Å². The van der Waals surface area contributed by atoms with Crippen LogP contribution in [0, 0.1) is 12.8 Å². The molecule has 0 aliphatic carbocycles. The van der Waals surface area contributed by atoms with E-state index in [0.29, 0.717) is 13.1 Å². The molecule has 0 aromatic carbocycles. The molecule has 82 valence electrons. The summed E-state index contributed by atoms with van der Waals surface area (Å²) >= 11 is 0. The molecule has 1 aliphatic heterocycles. The molecule has 4 heteroatoms. The van der Waals surface area contributed by atoms with E-state index in [0.717, 1.165) is 11.5 Å². The summed E-state index contributed by atoms with van der Waals surface area (Å²) in [4.78, 5) is 12.7. The predicted octanol–water partition coefficient (Wildman–Crippen LogP) is 1.67. The van der Waals surface area contributed by atoms with Crippen molar-refractivity contribution in [3.05, 3.63) is 23.7 Å². The van der Waals surface area contributed by atoms with Crippen LogP contribution in [0.1, 0.15) is 24.5 Å². The summed E-state index contributed by atoms with van der Waals surface area (Å²) in [6.45, 7) is 5.19. The fourth-order valence-corrected chi connectivity index (χ4v) is 1.84. The lowest BCUT2D eigenvalue weighted by atomic mass is 9.97. The summed E-state index contributed by atoms with van der Waals surface area (Å²) in [5.74, 6) is 0.904. The van der Waals surface area contributed by atoms with Gasteiger partial charge >= 0.3 is 5.97 Å². The number of carboxylic acids is 1. The highest BCUT2D eigenvalue weighted by Gasteiger charge is 2.36. The quantitative estimate of drug-likeness (QED) is 0.822. The van der Waals surface area contributed by atoms with Gasteiger partial charge in [0.25, 0.3) is 0 Å². The van der Waals surface area contributed by atoms with Crippen molar-refractivity contribution < 1.29 is 14.3 Å². The number of aryl methyl sites for hydroxylation is 1. The molecule has 1 aliphatic rings. The van der Waals surface area contributed by atoms with E-state index in [1.165, 1.54) is 0 Å². The first-order chi connectivity index (χ1) is 7.08. The van der Waals surface area contributed by atoms with Crippen LogP contribution in [0.4, 0.5) is 0 Å². The van der Waals surface area contributed by atoms with E-state index in [9.17, 15) is 4.79 Å². The van der Waals surface area contributed by atoms with Crippen LogP contribution in [-0.4, -0.2) is 29.1 Å². The van der Waals surface area contributed by atoms with Gasteiger partial charge in [0.05, 0.1) is 12.0 Å². The molecule has 2 heterocycles. The van der Waals surface area contributed by atoms with Gasteiger partial charge in [-0.05, 0) is 26.0 Å². The lowest BCUT2D eigenvalue weighted by Gasteiger charge is -2.40. The van der Waals surface area contributed by atoms with Gasteiger partial charge in [-0.15, -0.1) is 0 Å². The van der Waals surface area contributed by atoms with Crippen LogP contribution in [0.3, 0.4) is 0 Å². The van der Waals surface area contributed by atoms with E-state index >= 15 is 0 Å². The van der Waals surface area contributed by atoms with Gasteiger partial charge < -0.3 is 9.52 Å². The van der Waals surface area contributed by atoms with Crippen LogP contribution >= 0.6 is 0 Å². The number of hydrogen-bond donors (Lipinski definition) is 1. The number of rotatable bonds is 3. The topological polar surface area (TPSA) is 53.7 Å². The minimum Gasteiger partial charge on any atom is -0.481 e. The van der Waals surface area contributed by atoms with Crippen molar-refractivity contribution in [1.29, 1.82) is 0 Å². The van der Waals surface area contributed by atoms with Gasteiger partial charge in [0.1, 0.15) is 11.5 Å². The van der Waals surface area contributed by atoms with E-state index in [-0.39, 0.29) is 12.0 Å². The largest absolute Gasteiger partial charge is 0.481 e. The fraction of sp³-hybridized carbons (Fsp3) is 0.545. The third-order valence-corrected chi connectivity index (χ3v) is 2.98. The second kappa shape index (κ2) is 3.70. The fourth-order valence-electron chi connectivity index (χ4n) is 1.84. The highest BCUT2D eigenvalue weighted by atomic mass is 16.4. The molecule has 2 rings (SSSR count). The van der Waals surface area contributed by atoms with Gasteiger partial charge in [0, 0.05) is 13.1 Å². The molecule has 0 saturated carbocycles. The Labute approximate surface area is 88.5 Å². The van der Waals surface area contributed by atoms with Gasteiger partial charge in [0.15, 0.2) is 0 Å². The summed E-state index contributed by atoms with van der Waals surface area (Å²) in [5.41, 5.74) is 0. The Morgan fingerprint density at radius 1 is 1.60 bits per heavy atom. The maximum atomic E-state index is 10.6. The summed E-state index contributed by atoms with van der Waals surface area (Å²) in [6, 6.07) is 4.06. The second-order valence-corrected chi connectivity index (χ2v) is 4.11. The molecule has 0 bridgehead atoms. The monoisotopic (exact) mass is 209 g/mol. The third-order valence-electron chi connectivity index (χ3n) is 2.98. The Hall–Kier alpha value is -1.29. The molecule has 1 saturated heterocycles. The van der Waals surface area contributed by atoms with Crippen LogP contribution in [-0.2, 0) is 4.79 Å². The standard InChI is InChI=1S/C11H15NO3/c1-7-3-4-10(15-7)8(2)12-5-9(6-12)11(13)14/h3-4,8-9H,5-6H2,1-2H3,(H,13,14). The first-order valence-corrected chi connectivity index (χ1v) is 5.11. The molecule has 1 unspecified atom stereocenters. The predicted molar refractivity (Wildman–Crippen MR) is 54.6 cm³/mol. The molecule has 1 fully saturated rings. The number of nitrogens with zero attached hydrogens (tertiary/aromatic N) is 1. The van der Waals surface area contributed by atoms with Crippen molar-refractivity contribution in [3.8, 4) is 0 Å². The maximum absolute atomic E-state index is 10.6. The van der Waals surface area contributed by atoms with Crippen molar-refractivity contribution in [1.82, 2.24) is 4.90 Å². The van der Waals surface area contributed by atoms with E-state index in [1.54, 1.807) is 0 Å². The molecular formula is C11H15NO3. The first-order valence-electron chi connectivity index (χ1n) is 5.11. The minimum absolute atomic E-state index is 0.175. The van der Waals surface area contributed by atoms with E-state index < -0.39 is 5.97 Å². The van der Waals surface area contributed by atoms with Crippen LogP contribution < -0.4 is 0 Å². The molecular weight excluding hydrogens is 194 g/mol. The molecule has 0 amide bonds. The van der Waals surface area contributed by atoms with Crippen LogP contribution in [0.2, 0.25) is 0 Å². The highest BCUT2D eigenvalue weighted by Crippen LogP contribution is 2.29. The molecule has 15 heavy (non-hydrogen) atoms. The zero-order chi connectivity index (χ0) is 11.0. The van der Waals surface area contributed by atoms with Crippen molar-refractivity contribution >= 4 is 5.97 Å². The Morgan fingerprint density at radius 2 is 2.27 bits per heavy atom. The lowest BCUT2D eigenvalue weighted by molar-refractivity contribution is -0.148. The Kier molecular flexibility index (Phi) is 2.52. The number of aliphatic carboxylic acids is 1. The Balaban J connectivity index is 1.94.